The van der Waals surface area contributed by atoms with E-state index < -0.39 is 11.9 Å². The highest BCUT2D eigenvalue weighted by Crippen LogP contribution is 2.36. The van der Waals surface area contributed by atoms with Crippen LogP contribution in [0, 0.1) is 12.8 Å². The van der Waals surface area contributed by atoms with Crippen LogP contribution >= 0.6 is 0 Å². The van der Waals surface area contributed by atoms with Crippen LogP contribution in [0.3, 0.4) is 0 Å². The number of rotatable bonds is 2. The van der Waals surface area contributed by atoms with Gasteiger partial charge in [-0.1, -0.05) is 37.3 Å². The molecule has 2 atom stereocenters. The van der Waals surface area contributed by atoms with E-state index in [2.05, 4.69) is 29.2 Å². The van der Waals surface area contributed by atoms with Crippen LogP contribution < -0.4 is 4.74 Å². The summed E-state index contributed by atoms with van der Waals surface area (Å²) in [5.74, 6) is -1.25. The molecule has 0 fully saturated rings. The molecule has 1 N–H and O–H groups in total. The topological polar surface area (TPSA) is 79.7 Å². The van der Waals surface area contributed by atoms with Crippen molar-refractivity contribution in [3.63, 3.8) is 0 Å². The van der Waals surface area contributed by atoms with Crippen LogP contribution in [0.25, 0.3) is 0 Å². The van der Waals surface area contributed by atoms with E-state index in [1.54, 1.807) is 13.1 Å². The summed E-state index contributed by atoms with van der Waals surface area (Å²) >= 11 is 0. The van der Waals surface area contributed by atoms with E-state index in [1.807, 2.05) is 36.1 Å². The molecule has 5 aliphatic heterocycles. The number of pyridine rings is 1. The molecule has 1 amide bonds. The van der Waals surface area contributed by atoms with Gasteiger partial charge in [0.1, 0.15) is 0 Å². The van der Waals surface area contributed by atoms with E-state index in [-0.39, 0.29) is 11.8 Å². The van der Waals surface area contributed by atoms with Crippen LogP contribution in [0.4, 0.5) is 0 Å². The summed E-state index contributed by atoms with van der Waals surface area (Å²) < 4.78 is 5.92. The molecule has 7 bridgehead atoms. The van der Waals surface area contributed by atoms with Crippen molar-refractivity contribution in [2.75, 3.05) is 13.2 Å². The number of carbonyl (C=O) groups excluding carboxylic acids is 1. The number of aryl methyl sites for hydroxylation is 2. The molecule has 0 radical (unpaired) electrons. The highest BCUT2D eigenvalue weighted by Gasteiger charge is 2.30. The minimum absolute atomic E-state index is 0.0386. The Kier molecular flexibility index (Phi) is 7.26. The highest BCUT2D eigenvalue weighted by atomic mass is 16.5. The first kappa shape index (κ1) is 25.0. The molecule has 2 aromatic carbocycles. The average Bonchev–Trinajstić information content (AvgIpc) is 2.90. The lowest BCUT2D eigenvalue weighted by atomic mass is 9.79. The maximum absolute atomic E-state index is 13.3. The second-order valence-electron chi connectivity index (χ2n) is 10.3. The normalized spacial score (nSPS) is 18.8. The van der Waals surface area contributed by atoms with E-state index in [0.717, 1.165) is 54.4 Å². The van der Waals surface area contributed by atoms with E-state index in [0.29, 0.717) is 31.1 Å². The SMILES string of the molecule is Cc1cc2ncc1[C@@H]([C@H](C)C(=O)O)c1ccc3c(c1)CN(CC3)C(=O)c1ccc(cc1)CCCCCO2. The quantitative estimate of drug-likeness (QED) is 0.501. The molecule has 0 saturated heterocycles. The maximum atomic E-state index is 13.3. The van der Waals surface area contributed by atoms with Gasteiger partial charge in [-0.3, -0.25) is 9.59 Å². The molecule has 37 heavy (non-hydrogen) atoms. The third-order valence-electron chi connectivity index (χ3n) is 7.80. The lowest BCUT2D eigenvalue weighted by molar-refractivity contribution is -0.141. The van der Waals surface area contributed by atoms with Gasteiger partial charge in [0, 0.05) is 36.8 Å². The van der Waals surface area contributed by atoms with E-state index in [1.165, 1.54) is 11.1 Å². The summed E-state index contributed by atoms with van der Waals surface area (Å²) in [6.07, 6.45) is 6.56. The third-order valence-corrected chi connectivity index (χ3v) is 7.80. The fraction of sp³-hybridized carbons (Fsp3) is 0.387. The number of aliphatic carboxylic acids is 1. The number of amides is 1. The van der Waals surface area contributed by atoms with Crippen molar-refractivity contribution < 1.29 is 19.4 Å². The summed E-state index contributed by atoms with van der Waals surface area (Å²) in [5.41, 5.74) is 7.01. The molecule has 6 nitrogen and oxygen atoms in total. The summed E-state index contributed by atoms with van der Waals surface area (Å²) in [6, 6.07) is 16.2. The van der Waals surface area contributed by atoms with Crippen molar-refractivity contribution in [3.8, 4) is 5.88 Å². The fourth-order valence-electron chi connectivity index (χ4n) is 5.55. The average molecular weight is 499 g/mol. The third kappa shape index (κ3) is 5.38. The van der Waals surface area contributed by atoms with Gasteiger partial charge in [0.15, 0.2) is 0 Å². The molecule has 6 heteroatoms. The Balaban J connectivity index is 1.54. The van der Waals surface area contributed by atoms with E-state index in [9.17, 15) is 14.7 Å². The molecule has 3 aromatic rings. The van der Waals surface area contributed by atoms with Crippen LogP contribution in [-0.4, -0.2) is 40.0 Å². The molecule has 6 heterocycles. The molecule has 0 spiro atoms. The van der Waals surface area contributed by atoms with Crippen molar-refractivity contribution in [1.29, 1.82) is 0 Å². The van der Waals surface area contributed by atoms with Crippen molar-refractivity contribution in [1.82, 2.24) is 9.88 Å². The lowest BCUT2D eigenvalue weighted by Gasteiger charge is -2.31. The number of nitrogens with zero attached hydrogens (tertiary/aromatic N) is 2. The van der Waals surface area contributed by atoms with Gasteiger partial charge >= 0.3 is 5.97 Å². The molecule has 0 saturated carbocycles. The minimum Gasteiger partial charge on any atom is -0.481 e. The van der Waals surface area contributed by atoms with Crippen molar-refractivity contribution in [2.24, 2.45) is 5.92 Å². The molecule has 5 aliphatic rings. The van der Waals surface area contributed by atoms with Crippen molar-refractivity contribution in [2.45, 2.75) is 58.4 Å². The van der Waals surface area contributed by atoms with Gasteiger partial charge in [-0.25, -0.2) is 4.98 Å². The van der Waals surface area contributed by atoms with Gasteiger partial charge < -0.3 is 14.7 Å². The van der Waals surface area contributed by atoms with E-state index in [4.69, 9.17) is 4.74 Å². The standard InChI is InChI=1S/C31H34N2O4/c1-20-16-28-32-18-27(20)29(21(2)31(35)36)25-12-11-23-13-14-33(19-26(23)17-25)30(34)24-9-7-22(8-10-24)6-4-3-5-15-37-28/h7-12,16-18,21,29H,3-6,13-15,19H2,1-2H3,(H,35,36)/t21-,29-/m0/s1. The predicted octanol–water partition coefficient (Wildman–Crippen LogP) is 5.55. The Morgan fingerprint density at radius 3 is 2.62 bits per heavy atom. The van der Waals surface area contributed by atoms with Gasteiger partial charge in [0.2, 0.25) is 5.88 Å². The predicted molar refractivity (Wildman–Crippen MR) is 142 cm³/mol. The second-order valence-corrected chi connectivity index (χ2v) is 10.3. The van der Waals surface area contributed by atoms with Crippen LogP contribution in [0.1, 0.15) is 75.8 Å². The van der Waals surface area contributed by atoms with Gasteiger partial charge in [-0.05, 0) is 84.5 Å². The first-order valence-corrected chi connectivity index (χ1v) is 13.2. The molecule has 192 valence electrons. The van der Waals surface area contributed by atoms with Gasteiger partial charge in [-0.2, -0.15) is 0 Å². The van der Waals surface area contributed by atoms with Crippen LogP contribution in [0.2, 0.25) is 0 Å². The minimum atomic E-state index is -0.853. The molecule has 0 unspecified atom stereocenters. The molecule has 0 aliphatic carbocycles. The maximum Gasteiger partial charge on any atom is 0.307 e. The summed E-state index contributed by atoms with van der Waals surface area (Å²) in [4.78, 5) is 31.9. The zero-order valence-electron chi connectivity index (χ0n) is 21.6. The monoisotopic (exact) mass is 498 g/mol. The molecular formula is C31H34N2O4. The number of aromatic nitrogens is 1. The molecule has 1 aromatic heterocycles. The zero-order valence-corrected chi connectivity index (χ0v) is 21.6. The number of benzene rings is 2. The van der Waals surface area contributed by atoms with Crippen LogP contribution in [-0.2, 0) is 24.2 Å². The Labute approximate surface area is 218 Å². The number of hydrogen-bond acceptors (Lipinski definition) is 4. The van der Waals surface area contributed by atoms with Crippen LogP contribution in [0.15, 0.2) is 54.7 Å². The second kappa shape index (κ2) is 10.8. The molecular weight excluding hydrogens is 464 g/mol. The van der Waals surface area contributed by atoms with Gasteiger partial charge in [0.25, 0.3) is 5.91 Å². The van der Waals surface area contributed by atoms with Crippen LogP contribution in [0.5, 0.6) is 5.88 Å². The van der Waals surface area contributed by atoms with Gasteiger partial charge in [-0.15, -0.1) is 0 Å². The largest absolute Gasteiger partial charge is 0.481 e. The first-order chi connectivity index (χ1) is 17.9. The number of hydrogen-bond donors (Lipinski definition) is 1. The summed E-state index contributed by atoms with van der Waals surface area (Å²) in [7, 11) is 0. The summed E-state index contributed by atoms with van der Waals surface area (Å²) in [5, 5.41) is 9.97. The van der Waals surface area contributed by atoms with Crippen molar-refractivity contribution in [3.05, 3.63) is 93.7 Å². The Bertz CT molecular complexity index is 1300. The molecule has 8 rings (SSSR count). The van der Waals surface area contributed by atoms with E-state index >= 15 is 0 Å². The first-order valence-electron chi connectivity index (χ1n) is 13.2. The zero-order chi connectivity index (χ0) is 25.9. The summed E-state index contributed by atoms with van der Waals surface area (Å²) in [6.45, 7) is 5.52. The number of carbonyl (C=O) groups is 2. The fourth-order valence-corrected chi connectivity index (χ4v) is 5.55. The number of carboxylic acids is 1. The number of carboxylic acid groups (broad SMARTS) is 1. The lowest BCUT2D eigenvalue weighted by Crippen LogP contribution is -2.36. The Morgan fingerprint density at radius 1 is 1.05 bits per heavy atom. The van der Waals surface area contributed by atoms with Gasteiger partial charge in [0.05, 0.1) is 12.5 Å². The smallest absolute Gasteiger partial charge is 0.307 e. The van der Waals surface area contributed by atoms with Crippen molar-refractivity contribution >= 4 is 11.9 Å². The number of ether oxygens (including phenoxy) is 1. The Hall–Kier alpha value is -3.67. The Morgan fingerprint density at radius 2 is 1.86 bits per heavy atom. The highest BCUT2D eigenvalue weighted by molar-refractivity contribution is 5.94.